The molecule has 0 bridgehead atoms. The molecule has 2 N–H and O–H groups in total. The molecule has 6 nitrogen and oxygen atoms in total. The first-order chi connectivity index (χ1) is 12.4. The fourth-order valence-electron chi connectivity index (χ4n) is 3.00. The summed E-state index contributed by atoms with van der Waals surface area (Å²) in [7, 11) is 1.79. The maximum atomic E-state index is 5.96. The Morgan fingerprint density at radius 3 is 2.69 bits per heavy atom. The van der Waals surface area contributed by atoms with E-state index in [2.05, 4.69) is 60.4 Å². The molecule has 0 aromatic heterocycles. The maximum absolute atomic E-state index is 5.96. The van der Waals surface area contributed by atoms with E-state index < -0.39 is 0 Å². The van der Waals surface area contributed by atoms with Crippen molar-refractivity contribution in [2.75, 3.05) is 46.4 Å². The van der Waals surface area contributed by atoms with E-state index >= 15 is 0 Å². The van der Waals surface area contributed by atoms with Crippen molar-refractivity contribution in [2.45, 2.75) is 39.3 Å². The monoisotopic (exact) mass is 362 g/mol. The standard InChI is InChI=1S/C20H34N4O2/c1-16-7-6-8-18(13-16)26-17(2)14-22-19(21-5)23-15-20(3,4)24-9-11-25-12-10-24/h6-8,13,17H,9-12,14-15H2,1-5H3,(H2,21,22,23). The minimum absolute atomic E-state index is 0.0441. The smallest absolute Gasteiger partial charge is 0.191 e. The number of benzene rings is 1. The Bertz CT molecular complexity index is 583. The van der Waals surface area contributed by atoms with E-state index in [-0.39, 0.29) is 11.6 Å². The van der Waals surface area contributed by atoms with Crippen LogP contribution in [0.3, 0.4) is 0 Å². The fourth-order valence-corrected chi connectivity index (χ4v) is 3.00. The van der Waals surface area contributed by atoms with Crippen LogP contribution in [-0.4, -0.2) is 68.9 Å². The first kappa shape index (κ1) is 20.5. The largest absolute Gasteiger partial charge is 0.489 e. The van der Waals surface area contributed by atoms with Crippen molar-refractivity contribution in [3.63, 3.8) is 0 Å². The normalized spacial score (nSPS) is 17.7. The molecule has 26 heavy (non-hydrogen) atoms. The molecule has 1 aliphatic heterocycles. The van der Waals surface area contributed by atoms with Crippen molar-refractivity contribution >= 4 is 5.96 Å². The van der Waals surface area contributed by atoms with Crippen LogP contribution in [0.1, 0.15) is 26.3 Å². The van der Waals surface area contributed by atoms with Crippen LogP contribution in [0.15, 0.2) is 29.3 Å². The van der Waals surface area contributed by atoms with Gasteiger partial charge in [0.1, 0.15) is 11.9 Å². The Labute approximate surface area is 158 Å². The lowest BCUT2D eigenvalue weighted by Crippen LogP contribution is -2.56. The highest BCUT2D eigenvalue weighted by atomic mass is 16.5. The van der Waals surface area contributed by atoms with Gasteiger partial charge in [0.15, 0.2) is 5.96 Å². The summed E-state index contributed by atoms with van der Waals surface area (Å²) in [4.78, 5) is 6.78. The molecule has 1 aliphatic rings. The highest BCUT2D eigenvalue weighted by Gasteiger charge is 2.28. The summed E-state index contributed by atoms with van der Waals surface area (Å²) in [6.45, 7) is 13.7. The van der Waals surface area contributed by atoms with Crippen molar-refractivity contribution in [3.8, 4) is 5.75 Å². The molecule has 6 heteroatoms. The molecule has 1 heterocycles. The molecule has 0 amide bonds. The van der Waals surface area contributed by atoms with Crippen molar-refractivity contribution < 1.29 is 9.47 Å². The van der Waals surface area contributed by atoms with Gasteiger partial charge in [0.2, 0.25) is 0 Å². The van der Waals surface area contributed by atoms with Gasteiger partial charge >= 0.3 is 0 Å². The van der Waals surface area contributed by atoms with Gasteiger partial charge < -0.3 is 20.1 Å². The van der Waals surface area contributed by atoms with Crippen LogP contribution in [0.2, 0.25) is 0 Å². The third-order valence-electron chi connectivity index (χ3n) is 4.66. The van der Waals surface area contributed by atoms with E-state index in [9.17, 15) is 0 Å². The lowest BCUT2D eigenvalue weighted by atomic mass is 10.0. The van der Waals surface area contributed by atoms with Crippen LogP contribution in [0.25, 0.3) is 0 Å². The topological polar surface area (TPSA) is 58.1 Å². The minimum Gasteiger partial charge on any atom is -0.489 e. The molecule has 1 aromatic carbocycles. The van der Waals surface area contributed by atoms with Crippen molar-refractivity contribution in [3.05, 3.63) is 29.8 Å². The van der Waals surface area contributed by atoms with Gasteiger partial charge in [0.05, 0.1) is 19.8 Å². The summed E-state index contributed by atoms with van der Waals surface area (Å²) in [5.41, 5.74) is 1.25. The van der Waals surface area contributed by atoms with Gasteiger partial charge in [-0.1, -0.05) is 12.1 Å². The Morgan fingerprint density at radius 1 is 1.31 bits per heavy atom. The second kappa shape index (κ2) is 9.78. The van der Waals surface area contributed by atoms with Gasteiger partial charge in [-0.3, -0.25) is 9.89 Å². The molecule has 1 atom stereocenters. The number of morpholine rings is 1. The number of nitrogens with one attached hydrogen (secondary N) is 2. The Morgan fingerprint density at radius 2 is 2.04 bits per heavy atom. The van der Waals surface area contributed by atoms with Gasteiger partial charge in [-0.15, -0.1) is 0 Å². The van der Waals surface area contributed by atoms with E-state index in [1.54, 1.807) is 7.05 Å². The van der Waals surface area contributed by atoms with Crippen molar-refractivity contribution in [1.29, 1.82) is 0 Å². The Balaban J connectivity index is 1.76. The van der Waals surface area contributed by atoms with Gasteiger partial charge in [0.25, 0.3) is 0 Å². The number of aryl methyl sites for hydroxylation is 1. The molecular weight excluding hydrogens is 328 g/mol. The molecule has 0 spiro atoms. The maximum Gasteiger partial charge on any atom is 0.191 e. The highest BCUT2D eigenvalue weighted by molar-refractivity contribution is 5.79. The second-order valence-corrected chi connectivity index (χ2v) is 7.46. The van der Waals surface area contributed by atoms with Crippen LogP contribution in [-0.2, 0) is 4.74 Å². The third kappa shape index (κ3) is 6.50. The average molecular weight is 363 g/mol. The van der Waals surface area contributed by atoms with Crippen LogP contribution in [0.5, 0.6) is 5.75 Å². The first-order valence-corrected chi connectivity index (χ1v) is 9.41. The molecule has 1 aromatic rings. The molecule has 0 radical (unpaired) electrons. The van der Waals surface area contributed by atoms with Gasteiger partial charge in [-0.05, 0) is 45.4 Å². The van der Waals surface area contributed by atoms with Crippen molar-refractivity contribution in [1.82, 2.24) is 15.5 Å². The Hall–Kier alpha value is -1.79. The quantitative estimate of drug-likeness (QED) is 0.574. The van der Waals surface area contributed by atoms with Gasteiger partial charge in [0, 0.05) is 32.2 Å². The summed E-state index contributed by atoms with van der Waals surface area (Å²) < 4.78 is 11.4. The van der Waals surface area contributed by atoms with E-state index in [4.69, 9.17) is 9.47 Å². The minimum atomic E-state index is 0.0441. The number of hydrogen-bond donors (Lipinski definition) is 2. The van der Waals surface area contributed by atoms with Gasteiger partial charge in [-0.25, -0.2) is 0 Å². The van der Waals surface area contributed by atoms with E-state index in [0.717, 1.165) is 44.6 Å². The molecule has 2 rings (SSSR count). The molecule has 1 fully saturated rings. The number of hydrogen-bond acceptors (Lipinski definition) is 4. The third-order valence-corrected chi connectivity index (χ3v) is 4.66. The van der Waals surface area contributed by atoms with Crippen LogP contribution >= 0.6 is 0 Å². The Kier molecular flexibility index (Phi) is 7.72. The summed E-state index contributed by atoms with van der Waals surface area (Å²) in [5, 5.41) is 6.79. The number of aliphatic imine (C=N–C) groups is 1. The molecular formula is C20H34N4O2. The number of guanidine groups is 1. The van der Waals surface area contributed by atoms with E-state index in [0.29, 0.717) is 6.54 Å². The van der Waals surface area contributed by atoms with E-state index in [1.807, 2.05) is 12.1 Å². The summed E-state index contributed by atoms with van der Waals surface area (Å²) in [5.74, 6) is 1.70. The average Bonchev–Trinajstić information content (AvgIpc) is 2.62. The highest BCUT2D eigenvalue weighted by Crippen LogP contribution is 2.15. The second-order valence-electron chi connectivity index (χ2n) is 7.46. The predicted octanol–water partition coefficient (Wildman–Crippen LogP) is 2.04. The van der Waals surface area contributed by atoms with Crippen LogP contribution < -0.4 is 15.4 Å². The summed E-state index contributed by atoms with van der Waals surface area (Å²) in [6, 6.07) is 8.12. The summed E-state index contributed by atoms with van der Waals surface area (Å²) >= 11 is 0. The molecule has 146 valence electrons. The number of nitrogens with zero attached hydrogens (tertiary/aromatic N) is 2. The zero-order valence-corrected chi connectivity index (χ0v) is 16.8. The zero-order valence-electron chi connectivity index (χ0n) is 16.8. The number of rotatable bonds is 7. The molecule has 0 saturated carbocycles. The fraction of sp³-hybridized carbons (Fsp3) is 0.650. The lowest BCUT2D eigenvalue weighted by Gasteiger charge is -2.41. The van der Waals surface area contributed by atoms with Crippen molar-refractivity contribution in [2.24, 2.45) is 4.99 Å². The summed E-state index contributed by atoms with van der Waals surface area (Å²) in [6.07, 6.45) is 0.0441. The molecule has 1 saturated heterocycles. The predicted molar refractivity (Wildman–Crippen MR) is 107 cm³/mol. The van der Waals surface area contributed by atoms with Crippen LogP contribution in [0, 0.1) is 6.92 Å². The SMILES string of the molecule is CN=C(NCC(C)Oc1cccc(C)c1)NCC(C)(C)N1CCOCC1. The zero-order chi connectivity index (χ0) is 19.0. The lowest BCUT2D eigenvalue weighted by molar-refractivity contribution is -0.00834. The first-order valence-electron chi connectivity index (χ1n) is 9.41. The molecule has 1 unspecified atom stereocenters. The molecule has 0 aliphatic carbocycles. The number of ether oxygens (including phenoxy) is 2. The van der Waals surface area contributed by atoms with Crippen LogP contribution in [0.4, 0.5) is 0 Å². The van der Waals surface area contributed by atoms with E-state index in [1.165, 1.54) is 5.56 Å². The van der Waals surface area contributed by atoms with Gasteiger partial charge in [-0.2, -0.15) is 0 Å².